The highest BCUT2D eigenvalue weighted by molar-refractivity contribution is 14.0. The van der Waals surface area contributed by atoms with E-state index < -0.39 is 0 Å². The lowest BCUT2D eigenvalue weighted by Crippen LogP contribution is -2.43. The second-order valence-electron chi connectivity index (χ2n) is 7.86. The molecule has 1 unspecified atom stereocenters. The molecule has 1 atom stereocenters. The fraction of sp³-hybridized carbons (Fsp3) is 0.900. The lowest BCUT2D eigenvalue weighted by atomic mass is 10.1. The molecule has 0 aromatic carbocycles. The molecule has 0 aliphatic carbocycles. The third kappa shape index (κ3) is 11.1. The average molecular weight is 495 g/mol. The van der Waals surface area contributed by atoms with Crippen molar-refractivity contribution in [1.82, 2.24) is 20.4 Å². The van der Waals surface area contributed by atoms with Gasteiger partial charge in [-0.25, -0.2) is 0 Å². The number of likely N-dealkylation sites (N-methyl/N-ethyl adjacent to an activating group) is 1. The van der Waals surface area contributed by atoms with Gasteiger partial charge in [-0.2, -0.15) is 0 Å². The number of carbonyl (C=O) groups excluding carboxylic acids is 1. The van der Waals surface area contributed by atoms with Crippen molar-refractivity contribution in [3.05, 3.63) is 0 Å². The summed E-state index contributed by atoms with van der Waals surface area (Å²) in [6.45, 7) is 11.3. The molecular weight excluding hydrogens is 453 g/mol. The molecule has 0 bridgehead atoms. The van der Waals surface area contributed by atoms with Crippen molar-refractivity contribution in [3.8, 4) is 0 Å². The molecule has 160 valence electrons. The van der Waals surface area contributed by atoms with Crippen molar-refractivity contribution < 1.29 is 4.79 Å². The molecule has 6 nitrogen and oxygen atoms in total. The molecule has 1 aliphatic rings. The second kappa shape index (κ2) is 15.4. The lowest BCUT2D eigenvalue weighted by molar-refractivity contribution is -0.133. The Morgan fingerprint density at radius 2 is 1.96 bits per heavy atom. The van der Waals surface area contributed by atoms with E-state index in [0.717, 1.165) is 63.9 Å². The number of hydrogen-bond donors (Lipinski definition) is 2. The van der Waals surface area contributed by atoms with Gasteiger partial charge in [0, 0.05) is 40.3 Å². The minimum atomic E-state index is 0. The summed E-state index contributed by atoms with van der Waals surface area (Å²) in [7, 11) is 3.69. The van der Waals surface area contributed by atoms with Crippen LogP contribution in [0.15, 0.2) is 4.99 Å². The fourth-order valence-corrected chi connectivity index (χ4v) is 3.36. The number of amides is 1. The summed E-state index contributed by atoms with van der Waals surface area (Å²) in [5, 5.41) is 6.75. The van der Waals surface area contributed by atoms with Crippen molar-refractivity contribution in [3.63, 3.8) is 0 Å². The number of nitrogens with one attached hydrogen (secondary N) is 2. The molecule has 7 heteroatoms. The van der Waals surface area contributed by atoms with Gasteiger partial charge in [-0.3, -0.25) is 14.7 Å². The first-order valence-corrected chi connectivity index (χ1v) is 10.4. The molecule has 0 radical (unpaired) electrons. The van der Waals surface area contributed by atoms with E-state index >= 15 is 0 Å². The Hall–Kier alpha value is -0.570. The van der Waals surface area contributed by atoms with E-state index in [1.165, 1.54) is 19.3 Å². The molecule has 1 heterocycles. The van der Waals surface area contributed by atoms with Gasteiger partial charge in [0.1, 0.15) is 0 Å². The van der Waals surface area contributed by atoms with Crippen molar-refractivity contribution in [1.29, 1.82) is 0 Å². The molecule has 0 spiro atoms. The highest BCUT2D eigenvalue weighted by Crippen LogP contribution is 2.18. The summed E-state index contributed by atoms with van der Waals surface area (Å²) in [6, 6.07) is 0.0706. The van der Waals surface area contributed by atoms with E-state index in [0.29, 0.717) is 0 Å². The van der Waals surface area contributed by atoms with Crippen LogP contribution < -0.4 is 10.6 Å². The number of rotatable bonds is 11. The standard InChI is InChI=1S/C20H41N5O.HI/c1-6-21-20(22-13-8-7-11-17(2)3)23-14-10-16-25-15-9-12-18(25)19(26)24(4)5;/h17-18H,6-16H2,1-5H3,(H2,21,22,23);1H. The minimum Gasteiger partial charge on any atom is -0.357 e. The van der Waals surface area contributed by atoms with E-state index in [9.17, 15) is 4.79 Å². The Bertz CT molecular complexity index is 429. The van der Waals surface area contributed by atoms with Gasteiger partial charge in [0.05, 0.1) is 6.04 Å². The van der Waals surface area contributed by atoms with Crippen molar-refractivity contribution in [2.24, 2.45) is 10.9 Å². The van der Waals surface area contributed by atoms with Gasteiger partial charge in [-0.05, 0) is 45.1 Å². The van der Waals surface area contributed by atoms with Crippen molar-refractivity contribution >= 4 is 35.8 Å². The number of guanidine groups is 1. The molecule has 2 N–H and O–H groups in total. The maximum absolute atomic E-state index is 12.2. The first-order chi connectivity index (χ1) is 12.5. The predicted molar refractivity (Wildman–Crippen MR) is 126 cm³/mol. The summed E-state index contributed by atoms with van der Waals surface area (Å²) in [5.41, 5.74) is 0. The largest absolute Gasteiger partial charge is 0.357 e. The quantitative estimate of drug-likeness (QED) is 0.200. The van der Waals surface area contributed by atoms with Gasteiger partial charge in [-0.1, -0.05) is 26.7 Å². The Kier molecular flexibility index (Phi) is 15.0. The molecule has 1 rings (SSSR count). The SMILES string of the molecule is CCNC(=NCCCN1CCCC1C(=O)N(C)C)NCCCCC(C)C.I. The molecule has 1 aliphatic heterocycles. The number of halogens is 1. The third-order valence-electron chi connectivity index (χ3n) is 4.81. The Balaban J connectivity index is 0.00000676. The van der Waals surface area contributed by atoms with Gasteiger partial charge >= 0.3 is 0 Å². The van der Waals surface area contributed by atoms with Crippen molar-refractivity contribution in [2.45, 2.75) is 65.3 Å². The summed E-state index contributed by atoms with van der Waals surface area (Å²) < 4.78 is 0. The van der Waals surface area contributed by atoms with Crippen LogP contribution in [0.5, 0.6) is 0 Å². The van der Waals surface area contributed by atoms with E-state index in [1.54, 1.807) is 4.90 Å². The molecule has 0 aromatic rings. The monoisotopic (exact) mass is 495 g/mol. The van der Waals surface area contributed by atoms with Gasteiger partial charge in [0.2, 0.25) is 5.91 Å². The first-order valence-electron chi connectivity index (χ1n) is 10.4. The topological polar surface area (TPSA) is 60.0 Å². The molecule has 0 aromatic heterocycles. The zero-order chi connectivity index (χ0) is 19.4. The smallest absolute Gasteiger partial charge is 0.239 e. The summed E-state index contributed by atoms with van der Waals surface area (Å²) in [4.78, 5) is 21.0. The number of carbonyl (C=O) groups is 1. The first kappa shape index (κ1) is 26.4. The third-order valence-corrected chi connectivity index (χ3v) is 4.81. The number of likely N-dealkylation sites (tertiary alicyclic amines) is 1. The van der Waals surface area contributed by atoms with Crippen LogP contribution in [0.25, 0.3) is 0 Å². The van der Waals surface area contributed by atoms with Crippen LogP contribution in [-0.2, 0) is 4.79 Å². The molecule has 27 heavy (non-hydrogen) atoms. The maximum Gasteiger partial charge on any atom is 0.239 e. The van der Waals surface area contributed by atoms with E-state index in [4.69, 9.17) is 0 Å². The summed E-state index contributed by atoms with van der Waals surface area (Å²) in [6.07, 6.45) is 6.83. The molecule has 1 saturated heterocycles. The normalized spacial score (nSPS) is 17.7. The van der Waals surface area contributed by atoms with Crippen LogP contribution in [0.2, 0.25) is 0 Å². The second-order valence-corrected chi connectivity index (χ2v) is 7.86. The van der Waals surface area contributed by atoms with Gasteiger partial charge in [0.15, 0.2) is 5.96 Å². The highest BCUT2D eigenvalue weighted by atomic mass is 127. The molecule has 0 saturated carbocycles. The Morgan fingerprint density at radius 3 is 2.59 bits per heavy atom. The van der Waals surface area contributed by atoms with Crippen molar-refractivity contribution in [2.75, 3.05) is 46.8 Å². The zero-order valence-electron chi connectivity index (χ0n) is 18.1. The van der Waals surface area contributed by atoms with E-state index in [2.05, 4.69) is 41.3 Å². The maximum atomic E-state index is 12.2. The predicted octanol–water partition coefficient (Wildman–Crippen LogP) is 2.93. The van der Waals surface area contributed by atoms with Crippen LogP contribution in [0.3, 0.4) is 0 Å². The van der Waals surface area contributed by atoms with Crippen LogP contribution in [0.1, 0.15) is 59.3 Å². The molecule has 1 amide bonds. The Morgan fingerprint density at radius 1 is 1.22 bits per heavy atom. The fourth-order valence-electron chi connectivity index (χ4n) is 3.36. The average Bonchev–Trinajstić information content (AvgIpc) is 3.05. The summed E-state index contributed by atoms with van der Waals surface area (Å²) in [5.74, 6) is 1.94. The number of nitrogens with zero attached hydrogens (tertiary/aromatic N) is 3. The number of aliphatic imine (C=N–C) groups is 1. The highest BCUT2D eigenvalue weighted by Gasteiger charge is 2.30. The van der Waals surface area contributed by atoms with E-state index in [-0.39, 0.29) is 35.9 Å². The van der Waals surface area contributed by atoms with Crippen LogP contribution in [0, 0.1) is 5.92 Å². The van der Waals surface area contributed by atoms with Crippen LogP contribution in [-0.4, -0.2) is 74.5 Å². The van der Waals surface area contributed by atoms with Crippen LogP contribution in [0.4, 0.5) is 0 Å². The summed E-state index contributed by atoms with van der Waals surface area (Å²) >= 11 is 0. The molecule has 1 fully saturated rings. The van der Waals surface area contributed by atoms with Gasteiger partial charge < -0.3 is 15.5 Å². The zero-order valence-corrected chi connectivity index (χ0v) is 20.4. The Labute approximate surface area is 183 Å². The molecular formula is C20H42IN5O. The van der Waals surface area contributed by atoms with E-state index in [1.807, 2.05) is 14.1 Å². The number of hydrogen-bond acceptors (Lipinski definition) is 3. The number of unbranched alkanes of at least 4 members (excludes halogenated alkanes) is 1. The lowest BCUT2D eigenvalue weighted by Gasteiger charge is -2.25. The minimum absolute atomic E-state index is 0. The van der Waals surface area contributed by atoms with Gasteiger partial charge in [-0.15, -0.1) is 24.0 Å². The van der Waals surface area contributed by atoms with Gasteiger partial charge in [0.25, 0.3) is 0 Å². The van der Waals surface area contributed by atoms with Crippen LogP contribution >= 0.6 is 24.0 Å².